The van der Waals surface area contributed by atoms with Crippen molar-refractivity contribution in [1.29, 1.82) is 0 Å². The van der Waals surface area contributed by atoms with E-state index in [-0.39, 0.29) is 5.91 Å². The normalized spacial score (nSPS) is 10.1. The number of carbonyl (C=O) groups excluding carboxylic acids is 1. The largest absolute Gasteiger partial charge is 0.398 e. The molecule has 0 aliphatic heterocycles. The molecule has 92 valence electrons. The van der Waals surface area contributed by atoms with Gasteiger partial charge in [0.1, 0.15) is 5.69 Å². The first-order valence-corrected chi connectivity index (χ1v) is 5.78. The molecule has 0 saturated heterocycles. The Morgan fingerprint density at radius 2 is 2.06 bits per heavy atom. The van der Waals surface area contributed by atoms with E-state index in [4.69, 9.17) is 17.3 Å². The average Bonchev–Trinajstić information content (AvgIpc) is 2.38. The Kier molecular flexibility index (Phi) is 3.79. The number of nitrogens with zero attached hydrogens (tertiary/aromatic N) is 1. The van der Waals surface area contributed by atoms with Crippen molar-refractivity contribution in [3.63, 3.8) is 0 Å². The first-order chi connectivity index (χ1) is 8.66. The molecule has 0 fully saturated rings. The summed E-state index contributed by atoms with van der Waals surface area (Å²) in [5.41, 5.74) is 7.64. The number of rotatable bonds is 3. The monoisotopic (exact) mass is 261 g/mol. The Bertz CT molecular complexity index is 554. The van der Waals surface area contributed by atoms with Crippen LogP contribution in [0.25, 0.3) is 0 Å². The first kappa shape index (κ1) is 12.4. The van der Waals surface area contributed by atoms with Crippen molar-refractivity contribution in [3.05, 3.63) is 58.9 Å². The summed E-state index contributed by atoms with van der Waals surface area (Å²) >= 11 is 5.70. The second-order valence-corrected chi connectivity index (χ2v) is 4.18. The SMILES string of the molecule is Nc1ccccc1CNC(=O)c1ccc(Cl)cn1. The van der Waals surface area contributed by atoms with E-state index in [1.165, 1.54) is 6.20 Å². The van der Waals surface area contributed by atoms with Crippen LogP contribution in [0.1, 0.15) is 16.1 Å². The highest BCUT2D eigenvalue weighted by Crippen LogP contribution is 2.10. The number of pyridine rings is 1. The van der Waals surface area contributed by atoms with Crippen molar-refractivity contribution in [1.82, 2.24) is 10.3 Å². The molecule has 0 saturated carbocycles. The van der Waals surface area contributed by atoms with Crippen LogP contribution in [0.3, 0.4) is 0 Å². The van der Waals surface area contributed by atoms with Gasteiger partial charge in [-0.1, -0.05) is 29.8 Å². The Labute approximate surface area is 110 Å². The number of nitrogens with two attached hydrogens (primary N) is 1. The predicted octanol–water partition coefficient (Wildman–Crippen LogP) is 2.25. The maximum atomic E-state index is 11.8. The molecule has 4 nitrogen and oxygen atoms in total. The molecule has 1 amide bonds. The Hall–Kier alpha value is -2.07. The van der Waals surface area contributed by atoms with Crippen molar-refractivity contribution in [2.24, 2.45) is 0 Å². The van der Waals surface area contributed by atoms with Gasteiger partial charge in [-0.15, -0.1) is 0 Å². The fourth-order valence-corrected chi connectivity index (χ4v) is 1.58. The van der Waals surface area contributed by atoms with E-state index in [0.717, 1.165) is 5.56 Å². The van der Waals surface area contributed by atoms with Gasteiger partial charge in [-0.25, -0.2) is 4.98 Å². The van der Waals surface area contributed by atoms with Crippen molar-refractivity contribution < 1.29 is 4.79 Å². The Morgan fingerprint density at radius 1 is 1.28 bits per heavy atom. The third kappa shape index (κ3) is 2.99. The van der Waals surface area contributed by atoms with E-state index in [1.54, 1.807) is 18.2 Å². The van der Waals surface area contributed by atoms with E-state index < -0.39 is 0 Å². The molecule has 1 aromatic carbocycles. The van der Waals surface area contributed by atoms with Gasteiger partial charge in [-0.3, -0.25) is 4.79 Å². The van der Waals surface area contributed by atoms with E-state index in [1.807, 2.05) is 18.2 Å². The molecular weight excluding hydrogens is 250 g/mol. The molecule has 0 aliphatic carbocycles. The van der Waals surface area contributed by atoms with Crippen molar-refractivity contribution in [2.75, 3.05) is 5.73 Å². The van der Waals surface area contributed by atoms with Gasteiger partial charge < -0.3 is 11.1 Å². The minimum atomic E-state index is -0.255. The fourth-order valence-electron chi connectivity index (χ4n) is 1.47. The standard InChI is InChI=1S/C13H12ClN3O/c14-10-5-6-12(16-8-10)13(18)17-7-9-3-1-2-4-11(9)15/h1-6,8H,7,15H2,(H,17,18). The van der Waals surface area contributed by atoms with Gasteiger partial charge in [0, 0.05) is 18.4 Å². The van der Waals surface area contributed by atoms with Crippen LogP contribution < -0.4 is 11.1 Å². The predicted molar refractivity (Wildman–Crippen MR) is 71.3 cm³/mol. The van der Waals surface area contributed by atoms with Crippen LogP contribution in [0.15, 0.2) is 42.6 Å². The number of hydrogen-bond acceptors (Lipinski definition) is 3. The molecule has 0 atom stereocenters. The van der Waals surface area contributed by atoms with Gasteiger partial charge in [0.25, 0.3) is 5.91 Å². The van der Waals surface area contributed by atoms with Gasteiger partial charge in [0.2, 0.25) is 0 Å². The van der Waals surface area contributed by atoms with Crippen LogP contribution in [0.5, 0.6) is 0 Å². The number of halogens is 1. The molecule has 1 aromatic heterocycles. The van der Waals surface area contributed by atoms with Gasteiger partial charge in [-0.05, 0) is 23.8 Å². The van der Waals surface area contributed by atoms with Crippen LogP contribution >= 0.6 is 11.6 Å². The highest BCUT2D eigenvalue weighted by molar-refractivity contribution is 6.30. The summed E-state index contributed by atoms with van der Waals surface area (Å²) < 4.78 is 0. The molecule has 2 rings (SSSR count). The zero-order valence-electron chi connectivity index (χ0n) is 9.56. The van der Waals surface area contributed by atoms with Crippen LogP contribution in [0.2, 0.25) is 5.02 Å². The molecule has 0 aliphatic rings. The number of nitrogen functional groups attached to an aromatic ring is 1. The van der Waals surface area contributed by atoms with Gasteiger partial charge >= 0.3 is 0 Å². The number of anilines is 1. The van der Waals surface area contributed by atoms with Crippen molar-refractivity contribution >= 4 is 23.2 Å². The summed E-state index contributed by atoms with van der Waals surface area (Å²) in [7, 11) is 0. The smallest absolute Gasteiger partial charge is 0.270 e. The quantitative estimate of drug-likeness (QED) is 0.833. The molecule has 18 heavy (non-hydrogen) atoms. The number of hydrogen-bond donors (Lipinski definition) is 2. The lowest BCUT2D eigenvalue weighted by molar-refractivity contribution is 0.0946. The summed E-state index contributed by atoms with van der Waals surface area (Å²) in [6.07, 6.45) is 1.44. The van der Waals surface area contributed by atoms with E-state index in [2.05, 4.69) is 10.3 Å². The topological polar surface area (TPSA) is 68.0 Å². The highest BCUT2D eigenvalue weighted by Gasteiger charge is 2.07. The lowest BCUT2D eigenvalue weighted by Gasteiger charge is -2.07. The molecule has 0 spiro atoms. The summed E-state index contributed by atoms with van der Waals surface area (Å²) in [5.74, 6) is -0.255. The van der Waals surface area contributed by atoms with Crippen LogP contribution in [0.4, 0.5) is 5.69 Å². The summed E-state index contributed by atoms with van der Waals surface area (Å²) in [6.45, 7) is 0.371. The van der Waals surface area contributed by atoms with Crippen molar-refractivity contribution in [3.8, 4) is 0 Å². The van der Waals surface area contributed by atoms with E-state index >= 15 is 0 Å². The van der Waals surface area contributed by atoms with Crippen LogP contribution in [-0.4, -0.2) is 10.9 Å². The lowest BCUT2D eigenvalue weighted by Crippen LogP contribution is -2.24. The minimum absolute atomic E-state index is 0.255. The van der Waals surface area contributed by atoms with E-state index in [9.17, 15) is 4.79 Å². The van der Waals surface area contributed by atoms with Gasteiger partial charge in [0.05, 0.1) is 5.02 Å². The minimum Gasteiger partial charge on any atom is -0.398 e. The second-order valence-electron chi connectivity index (χ2n) is 3.74. The van der Waals surface area contributed by atoms with Gasteiger partial charge in [-0.2, -0.15) is 0 Å². The number of amides is 1. The molecule has 0 unspecified atom stereocenters. The number of nitrogens with one attached hydrogen (secondary N) is 1. The molecule has 2 aromatic rings. The maximum Gasteiger partial charge on any atom is 0.270 e. The third-order valence-corrected chi connectivity index (χ3v) is 2.68. The zero-order chi connectivity index (χ0) is 13.0. The van der Waals surface area contributed by atoms with Gasteiger partial charge in [0.15, 0.2) is 0 Å². The fraction of sp³-hybridized carbons (Fsp3) is 0.0769. The Morgan fingerprint density at radius 3 is 2.72 bits per heavy atom. The Balaban J connectivity index is 2.01. The molecule has 1 heterocycles. The lowest BCUT2D eigenvalue weighted by atomic mass is 10.2. The second kappa shape index (κ2) is 5.51. The molecular formula is C13H12ClN3O. The number of aromatic nitrogens is 1. The molecule has 0 bridgehead atoms. The number of benzene rings is 1. The summed E-state index contributed by atoms with van der Waals surface area (Å²) in [6, 6.07) is 10.6. The highest BCUT2D eigenvalue weighted by atomic mass is 35.5. The molecule has 5 heteroatoms. The van der Waals surface area contributed by atoms with Crippen molar-refractivity contribution in [2.45, 2.75) is 6.54 Å². The third-order valence-electron chi connectivity index (χ3n) is 2.45. The summed E-state index contributed by atoms with van der Waals surface area (Å²) in [5, 5.41) is 3.25. The van der Waals surface area contributed by atoms with Crippen LogP contribution in [-0.2, 0) is 6.54 Å². The maximum absolute atomic E-state index is 11.8. The first-order valence-electron chi connectivity index (χ1n) is 5.40. The van der Waals surface area contributed by atoms with E-state index in [0.29, 0.717) is 22.9 Å². The number of para-hydroxylation sites is 1. The molecule has 0 radical (unpaired) electrons. The van der Waals surface area contributed by atoms with Crippen LogP contribution in [0, 0.1) is 0 Å². The summed E-state index contributed by atoms with van der Waals surface area (Å²) in [4.78, 5) is 15.7. The molecule has 3 N–H and O–H groups in total. The zero-order valence-corrected chi connectivity index (χ0v) is 10.3. The number of carbonyl (C=O) groups is 1. The average molecular weight is 262 g/mol.